The van der Waals surface area contributed by atoms with Gasteiger partial charge in [0.25, 0.3) is 0 Å². The SMILES string of the molecule is CN=C(NCCCOc1ccccc1)NCCc1c(OC)cc(OC)cc1OC.I. The number of nitrogens with zero attached hydrogens (tertiary/aromatic N) is 1. The van der Waals surface area contributed by atoms with Crippen LogP contribution in [0.2, 0.25) is 0 Å². The van der Waals surface area contributed by atoms with Crippen molar-refractivity contribution in [1.29, 1.82) is 0 Å². The molecule has 0 aliphatic heterocycles. The van der Waals surface area contributed by atoms with Crippen LogP contribution >= 0.6 is 24.0 Å². The molecule has 0 atom stereocenters. The lowest BCUT2D eigenvalue weighted by atomic mass is 10.1. The number of nitrogens with one attached hydrogen (secondary N) is 2. The van der Waals surface area contributed by atoms with E-state index >= 15 is 0 Å². The van der Waals surface area contributed by atoms with Gasteiger partial charge >= 0.3 is 0 Å². The predicted molar refractivity (Wildman–Crippen MR) is 131 cm³/mol. The molecule has 0 heterocycles. The van der Waals surface area contributed by atoms with Crippen molar-refractivity contribution in [3.05, 3.63) is 48.0 Å². The third-order valence-electron chi connectivity index (χ3n) is 4.33. The van der Waals surface area contributed by atoms with E-state index in [0.29, 0.717) is 25.3 Å². The van der Waals surface area contributed by atoms with Crippen molar-refractivity contribution in [1.82, 2.24) is 10.6 Å². The highest BCUT2D eigenvalue weighted by atomic mass is 127. The van der Waals surface area contributed by atoms with Crippen molar-refractivity contribution in [3.8, 4) is 23.0 Å². The van der Waals surface area contributed by atoms with Crippen LogP contribution in [0.15, 0.2) is 47.5 Å². The van der Waals surface area contributed by atoms with Gasteiger partial charge in [0.2, 0.25) is 0 Å². The number of benzene rings is 2. The first-order chi connectivity index (χ1) is 14.2. The number of halogens is 1. The first-order valence-electron chi connectivity index (χ1n) is 9.63. The molecule has 0 aliphatic carbocycles. The minimum atomic E-state index is 0. The molecule has 2 rings (SSSR count). The van der Waals surface area contributed by atoms with Crippen LogP contribution in [-0.2, 0) is 6.42 Å². The van der Waals surface area contributed by atoms with E-state index < -0.39 is 0 Å². The third kappa shape index (κ3) is 8.17. The lowest BCUT2D eigenvalue weighted by Gasteiger charge is -2.16. The summed E-state index contributed by atoms with van der Waals surface area (Å²) in [4.78, 5) is 4.26. The van der Waals surface area contributed by atoms with Crippen LogP contribution in [0.1, 0.15) is 12.0 Å². The average molecular weight is 529 g/mol. The molecule has 0 amide bonds. The predicted octanol–water partition coefficient (Wildman–Crippen LogP) is 3.51. The highest BCUT2D eigenvalue weighted by Crippen LogP contribution is 2.34. The number of methoxy groups -OCH3 is 3. The number of hydrogen-bond donors (Lipinski definition) is 2. The summed E-state index contributed by atoms with van der Waals surface area (Å²) >= 11 is 0. The van der Waals surface area contributed by atoms with Crippen LogP contribution < -0.4 is 29.6 Å². The van der Waals surface area contributed by atoms with E-state index in [-0.39, 0.29) is 24.0 Å². The van der Waals surface area contributed by atoms with E-state index in [2.05, 4.69) is 15.6 Å². The van der Waals surface area contributed by atoms with Crippen molar-refractivity contribution in [2.75, 3.05) is 48.1 Å². The molecule has 0 radical (unpaired) electrons. The van der Waals surface area contributed by atoms with E-state index in [1.54, 1.807) is 28.4 Å². The molecule has 0 spiro atoms. The second kappa shape index (κ2) is 14.6. The second-order valence-corrected chi connectivity index (χ2v) is 6.20. The molecule has 2 aromatic carbocycles. The van der Waals surface area contributed by atoms with Crippen LogP contribution in [0.4, 0.5) is 0 Å². The molecule has 2 aromatic rings. The molecule has 0 bridgehead atoms. The summed E-state index contributed by atoms with van der Waals surface area (Å²) in [7, 11) is 6.66. The fraction of sp³-hybridized carbons (Fsp3) is 0.409. The van der Waals surface area contributed by atoms with E-state index in [0.717, 1.165) is 41.7 Å². The molecular weight excluding hydrogens is 497 g/mol. The summed E-state index contributed by atoms with van der Waals surface area (Å²) in [6.07, 6.45) is 1.59. The summed E-state index contributed by atoms with van der Waals surface area (Å²) in [5.74, 6) is 3.81. The molecule has 166 valence electrons. The Hall–Kier alpha value is -2.36. The Bertz CT molecular complexity index is 747. The zero-order valence-corrected chi connectivity index (χ0v) is 20.4. The van der Waals surface area contributed by atoms with Gasteiger partial charge in [-0.15, -0.1) is 24.0 Å². The van der Waals surface area contributed by atoms with Crippen LogP contribution in [0, 0.1) is 0 Å². The number of guanidine groups is 1. The minimum Gasteiger partial charge on any atom is -0.496 e. The zero-order chi connectivity index (χ0) is 20.9. The molecule has 0 saturated carbocycles. The highest BCUT2D eigenvalue weighted by Gasteiger charge is 2.13. The molecule has 8 heteroatoms. The van der Waals surface area contributed by atoms with E-state index in [4.69, 9.17) is 18.9 Å². The van der Waals surface area contributed by atoms with Crippen molar-refractivity contribution in [3.63, 3.8) is 0 Å². The molecule has 0 aromatic heterocycles. The Balaban J connectivity index is 0.00000450. The average Bonchev–Trinajstić information content (AvgIpc) is 2.77. The van der Waals surface area contributed by atoms with Crippen LogP contribution in [0.25, 0.3) is 0 Å². The standard InChI is InChI=1S/C22H31N3O4.HI/c1-23-22(24-12-8-14-29-17-9-6-5-7-10-17)25-13-11-19-20(27-3)15-18(26-2)16-21(19)28-4;/h5-7,9-10,15-16H,8,11-14H2,1-4H3,(H2,23,24,25);1H. The summed E-state index contributed by atoms with van der Waals surface area (Å²) < 4.78 is 22.0. The fourth-order valence-electron chi connectivity index (χ4n) is 2.84. The van der Waals surface area contributed by atoms with Gasteiger partial charge in [-0.25, -0.2) is 0 Å². The van der Waals surface area contributed by atoms with E-state index in [1.165, 1.54) is 0 Å². The molecule has 7 nitrogen and oxygen atoms in total. The van der Waals surface area contributed by atoms with Gasteiger partial charge in [-0.05, 0) is 25.0 Å². The largest absolute Gasteiger partial charge is 0.496 e. The Morgan fingerprint density at radius 1 is 0.867 bits per heavy atom. The lowest BCUT2D eigenvalue weighted by molar-refractivity contribution is 0.311. The maximum Gasteiger partial charge on any atom is 0.190 e. The van der Waals surface area contributed by atoms with Crippen molar-refractivity contribution in [2.24, 2.45) is 4.99 Å². The van der Waals surface area contributed by atoms with Gasteiger partial charge < -0.3 is 29.6 Å². The quantitative estimate of drug-likeness (QED) is 0.201. The Morgan fingerprint density at radius 2 is 1.50 bits per heavy atom. The van der Waals surface area contributed by atoms with Gasteiger partial charge in [0.05, 0.1) is 27.9 Å². The monoisotopic (exact) mass is 529 g/mol. The number of para-hydroxylation sites is 1. The number of aliphatic imine (C=N–C) groups is 1. The molecule has 0 saturated heterocycles. The maximum absolute atomic E-state index is 5.69. The van der Waals surface area contributed by atoms with Crippen LogP contribution in [-0.4, -0.2) is 54.0 Å². The molecule has 0 aliphatic rings. The summed E-state index contributed by atoms with van der Waals surface area (Å²) in [6.45, 7) is 2.09. The van der Waals surface area contributed by atoms with Gasteiger partial charge in [-0.3, -0.25) is 4.99 Å². The molecule has 30 heavy (non-hydrogen) atoms. The van der Waals surface area contributed by atoms with E-state index in [1.807, 2.05) is 42.5 Å². The normalized spacial score (nSPS) is 10.6. The number of rotatable bonds is 11. The summed E-state index contributed by atoms with van der Waals surface area (Å²) in [5, 5.41) is 6.61. The number of ether oxygens (including phenoxy) is 4. The minimum absolute atomic E-state index is 0. The summed E-state index contributed by atoms with van der Waals surface area (Å²) in [5.41, 5.74) is 0.981. The van der Waals surface area contributed by atoms with Crippen molar-refractivity contribution < 1.29 is 18.9 Å². The van der Waals surface area contributed by atoms with Gasteiger partial charge in [-0.1, -0.05) is 18.2 Å². The third-order valence-corrected chi connectivity index (χ3v) is 4.33. The summed E-state index contributed by atoms with van der Waals surface area (Å²) in [6, 6.07) is 13.5. The fourth-order valence-corrected chi connectivity index (χ4v) is 2.84. The Kier molecular flexibility index (Phi) is 12.5. The van der Waals surface area contributed by atoms with Gasteiger partial charge in [-0.2, -0.15) is 0 Å². The second-order valence-electron chi connectivity index (χ2n) is 6.20. The van der Waals surface area contributed by atoms with E-state index in [9.17, 15) is 0 Å². The Labute approximate surface area is 196 Å². The van der Waals surface area contributed by atoms with Crippen molar-refractivity contribution in [2.45, 2.75) is 12.8 Å². The lowest BCUT2D eigenvalue weighted by Crippen LogP contribution is -2.39. The smallest absolute Gasteiger partial charge is 0.190 e. The topological polar surface area (TPSA) is 73.3 Å². The molecule has 0 fully saturated rings. The van der Waals surface area contributed by atoms with Crippen LogP contribution in [0.3, 0.4) is 0 Å². The van der Waals surface area contributed by atoms with Gasteiger partial charge in [0, 0.05) is 37.8 Å². The highest BCUT2D eigenvalue weighted by molar-refractivity contribution is 14.0. The Morgan fingerprint density at radius 3 is 2.07 bits per heavy atom. The van der Waals surface area contributed by atoms with Gasteiger partial charge in [0.1, 0.15) is 23.0 Å². The zero-order valence-electron chi connectivity index (χ0n) is 18.1. The van der Waals surface area contributed by atoms with Crippen molar-refractivity contribution >= 4 is 29.9 Å². The molecular formula is C22H32IN3O4. The number of hydrogen-bond acceptors (Lipinski definition) is 5. The molecule has 2 N–H and O–H groups in total. The maximum atomic E-state index is 5.69. The first kappa shape index (κ1) is 25.7. The first-order valence-corrected chi connectivity index (χ1v) is 9.63. The molecule has 0 unspecified atom stereocenters. The van der Waals surface area contributed by atoms with Crippen LogP contribution in [0.5, 0.6) is 23.0 Å². The van der Waals surface area contributed by atoms with Gasteiger partial charge in [0.15, 0.2) is 5.96 Å².